The maximum absolute atomic E-state index is 4.59. The zero-order chi connectivity index (χ0) is 13.9. The van der Waals surface area contributed by atoms with Crippen LogP contribution in [-0.2, 0) is 0 Å². The minimum atomic E-state index is 0.819. The number of aliphatic imine (C=N–C) groups is 1. The molecule has 0 heterocycles. The molecule has 0 spiro atoms. The Bertz CT molecular complexity index is 239. The lowest BCUT2D eigenvalue weighted by molar-refractivity contribution is 0.191. The summed E-state index contributed by atoms with van der Waals surface area (Å²) >= 11 is 0. The van der Waals surface area contributed by atoms with Crippen LogP contribution in [0.1, 0.15) is 52.4 Å². The summed E-state index contributed by atoms with van der Waals surface area (Å²) in [5.74, 6) is 0.949. The van der Waals surface area contributed by atoms with Crippen molar-refractivity contribution in [2.45, 2.75) is 58.4 Å². The van der Waals surface area contributed by atoms with E-state index in [0.29, 0.717) is 0 Å². The fourth-order valence-electron chi connectivity index (χ4n) is 2.72. The van der Waals surface area contributed by atoms with Gasteiger partial charge in [-0.3, -0.25) is 4.99 Å². The standard InChI is InChI=1S/C15H32N4/c1-4-16-15(17-5-2)18-12-9-13-19(3)14-10-7-6-8-11-14/h14H,4-13H2,1-3H3,(H2,16,17,18). The number of rotatable bonds is 7. The maximum atomic E-state index is 4.59. The Morgan fingerprint density at radius 2 is 1.74 bits per heavy atom. The Balaban J connectivity index is 2.18. The van der Waals surface area contributed by atoms with E-state index in [1.54, 1.807) is 0 Å². The molecule has 1 aliphatic rings. The van der Waals surface area contributed by atoms with E-state index in [9.17, 15) is 0 Å². The lowest BCUT2D eigenvalue weighted by Gasteiger charge is -2.31. The highest BCUT2D eigenvalue weighted by Crippen LogP contribution is 2.21. The minimum Gasteiger partial charge on any atom is -0.357 e. The third kappa shape index (κ3) is 6.81. The van der Waals surface area contributed by atoms with Crippen LogP contribution in [0, 0.1) is 0 Å². The van der Waals surface area contributed by atoms with Crippen LogP contribution in [-0.4, -0.2) is 50.1 Å². The zero-order valence-electron chi connectivity index (χ0n) is 13.0. The van der Waals surface area contributed by atoms with Crippen molar-refractivity contribution in [2.75, 3.05) is 33.2 Å². The first-order valence-corrected chi connectivity index (χ1v) is 8.00. The molecule has 0 saturated heterocycles. The fourth-order valence-corrected chi connectivity index (χ4v) is 2.72. The Morgan fingerprint density at radius 3 is 2.32 bits per heavy atom. The number of hydrogen-bond donors (Lipinski definition) is 2. The van der Waals surface area contributed by atoms with Crippen molar-refractivity contribution in [1.82, 2.24) is 15.5 Å². The van der Waals surface area contributed by atoms with Crippen LogP contribution in [0.15, 0.2) is 4.99 Å². The molecule has 0 aromatic heterocycles. The molecule has 1 saturated carbocycles. The summed E-state index contributed by atoms with van der Waals surface area (Å²) in [5, 5.41) is 6.52. The van der Waals surface area contributed by atoms with E-state index in [1.165, 1.54) is 38.6 Å². The second-order valence-corrected chi connectivity index (χ2v) is 5.42. The first-order valence-electron chi connectivity index (χ1n) is 8.00. The number of hydrogen-bond acceptors (Lipinski definition) is 2. The van der Waals surface area contributed by atoms with Gasteiger partial charge in [-0.1, -0.05) is 19.3 Å². The molecule has 0 unspecified atom stereocenters. The van der Waals surface area contributed by atoms with Gasteiger partial charge in [0.1, 0.15) is 0 Å². The van der Waals surface area contributed by atoms with E-state index in [4.69, 9.17) is 0 Å². The molecule has 0 aliphatic heterocycles. The van der Waals surface area contributed by atoms with Gasteiger partial charge in [0.05, 0.1) is 0 Å². The van der Waals surface area contributed by atoms with Gasteiger partial charge >= 0.3 is 0 Å². The number of nitrogens with zero attached hydrogens (tertiary/aromatic N) is 2. The molecular weight excluding hydrogens is 236 g/mol. The molecule has 4 nitrogen and oxygen atoms in total. The van der Waals surface area contributed by atoms with Crippen molar-refractivity contribution in [3.05, 3.63) is 0 Å². The van der Waals surface area contributed by atoms with Gasteiger partial charge in [0.25, 0.3) is 0 Å². The quantitative estimate of drug-likeness (QED) is 0.422. The molecular formula is C15H32N4. The van der Waals surface area contributed by atoms with E-state index in [-0.39, 0.29) is 0 Å². The van der Waals surface area contributed by atoms with Gasteiger partial charge in [0, 0.05) is 25.7 Å². The highest BCUT2D eigenvalue weighted by molar-refractivity contribution is 5.79. The molecule has 0 aromatic carbocycles. The average molecular weight is 268 g/mol. The van der Waals surface area contributed by atoms with E-state index < -0.39 is 0 Å². The topological polar surface area (TPSA) is 39.7 Å². The van der Waals surface area contributed by atoms with Gasteiger partial charge in [-0.25, -0.2) is 0 Å². The van der Waals surface area contributed by atoms with Crippen LogP contribution < -0.4 is 10.6 Å². The van der Waals surface area contributed by atoms with Gasteiger partial charge in [0.15, 0.2) is 5.96 Å². The van der Waals surface area contributed by atoms with Crippen molar-refractivity contribution in [3.63, 3.8) is 0 Å². The predicted octanol–water partition coefficient (Wildman–Crippen LogP) is 2.22. The first-order chi connectivity index (χ1) is 9.27. The summed E-state index contributed by atoms with van der Waals surface area (Å²) in [6.45, 7) is 8.13. The maximum Gasteiger partial charge on any atom is 0.191 e. The van der Waals surface area contributed by atoms with Crippen LogP contribution in [0.2, 0.25) is 0 Å². The van der Waals surface area contributed by atoms with E-state index in [0.717, 1.165) is 38.1 Å². The van der Waals surface area contributed by atoms with Crippen molar-refractivity contribution < 1.29 is 0 Å². The van der Waals surface area contributed by atoms with Crippen LogP contribution in [0.4, 0.5) is 0 Å². The van der Waals surface area contributed by atoms with Gasteiger partial charge in [-0.15, -0.1) is 0 Å². The summed E-state index contributed by atoms with van der Waals surface area (Å²) < 4.78 is 0. The molecule has 0 radical (unpaired) electrons. The number of nitrogens with one attached hydrogen (secondary N) is 2. The normalized spacial score (nSPS) is 16.4. The van der Waals surface area contributed by atoms with E-state index >= 15 is 0 Å². The highest BCUT2D eigenvalue weighted by Gasteiger charge is 2.16. The Kier molecular flexibility index (Phi) is 8.63. The van der Waals surface area contributed by atoms with Crippen LogP contribution in [0.3, 0.4) is 0 Å². The molecule has 1 fully saturated rings. The second kappa shape index (κ2) is 10.1. The van der Waals surface area contributed by atoms with Crippen molar-refractivity contribution >= 4 is 5.96 Å². The summed E-state index contributed by atoms with van der Waals surface area (Å²) in [7, 11) is 2.27. The third-order valence-corrected chi connectivity index (χ3v) is 3.83. The fraction of sp³-hybridized carbons (Fsp3) is 0.933. The Hall–Kier alpha value is -0.770. The monoisotopic (exact) mass is 268 g/mol. The lowest BCUT2D eigenvalue weighted by Crippen LogP contribution is -2.37. The molecule has 0 amide bonds. The summed E-state index contributed by atoms with van der Waals surface area (Å²) in [6.07, 6.45) is 8.19. The van der Waals surface area contributed by atoms with Gasteiger partial charge in [0.2, 0.25) is 0 Å². The SMILES string of the molecule is CCNC(=NCCCN(C)C1CCCCC1)NCC. The smallest absolute Gasteiger partial charge is 0.191 e. The molecule has 1 aliphatic carbocycles. The van der Waals surface area contributed by atoms with Crippen molar-refractivity contribution in [2.24, 2.45) is 4.99 Å². The molecule has 0 aromatic rings. The largest absolute Gasteiger partial charge is 0.357 e. The lowest BCUT2D eigenvalue weighted by atomic mass is 9.94. The van der Waals surface area contributed by atoms with Gasteiger partial charge < -0.3 is 15.5 Å². The molecule has 112 valence electrons. The second-order valence-electron chi connectivity index (χ2n) is 5.42. The van der Waals surface area contributed by atoms with Crippen LogP contribution in [0.5, 0.6) is 0 Å². The zero-order valence-corrected chi connectivity index (χ0v) is 13.0. The van der Waals surface area contributed by atoms with E-state index in [1.807, 2.05) is 0 Å². The van der Waals surface area contributed by atoms with Crippen LogP contribution in [0.25, 0.3) is 0 Å². The summed E-state index contributed by atoms with van der Waals surface area (Å²) in [6, 6.07) is 0.819. The van der Waals surface area contributed by atoms with Gasteiger partial charge in [-0.2, -0.15) is 0 Å². The van der Waals surface area contributed by atoms with Crippen molar-refractivity contribution in [3.8, 4) is 0 Å². The predicted molar refractivity (Wildman–Crippen MR) is 83.8 cm³/mol. The molecule has 0 atom stereocenters. The Morgan fingerprint density at radius 1 is 1.11 bits per heavy atom. The highest BCUT2D eigenvalue weighted by atomic mass is 15.2. The molecule has 0 bridgehead atoms. The first kappa shape index (κ1) is 16.3. The number of guanidine groups is 1. The van der Waals surface area contributed by atoms with Crippen molar-refractivity contribution in [1.29, 1.82) is 0 Å². The third-order valence-electron chi connectivity index (χ3n) is 3.83. The summed E-state index contributed by atoms with van der Waals surface area (Å²) in [5.41, 5.74) is 0. The average Bonchev–Trinajstić information content (AvgIpc) is 2.44. The van der Waals surface area contributed by atoms with Crippen LogP contribution >= 0.6 is 0 Å². The Labute approximate surface area is 119 Å². The van der Waals surface area contributed by atoms with E-state index in [2.05, 4.69) is 41.4 Å². The summed E-state index contributed by atoms with van der Waals surface area (Å²) in [4.78, 5) is 7.12. The molecule has 1 rings (SSSR count). The minimum absolute atomic E-state index is 0.819. The molecule has 19 heavy (non-hydrogen) atoms. The molecule has 4 heteroatoms. The van der Waals surface area contributed by atoms with Gasteiger partial charge in [-0.05, 0) is 46.7 Å². The molecule has 2 N–H and O–H groups in total.